The molecule has 0 radical (unpaired) electrons. The van der Waals surface area contributed by atoms with Gasteiger partial charge in [0.1, 0.15) is 6.17 Å². The summed E-state index contributed by atoms with van der Waals surface area (Å²) in [4.78, 5) is 4.02. The molecular formula is C4H10FNO. The highest BCUT2D eigenvalue weighted by Gasteiger charge is 1.99. The maximum atomic E-state index is 11.9. The van der Waals surface area contributed by atoms with E-state index >= 15 is 0 Å². The minimum absolute atomic E-state index is 0.0104. The summed E-state index contributed by atoms with van der Waals surface area (Å²) >= 11 is 0. The first-order chi connectivity index (χ1) is 3.31. The van der Waals surface area contributed by atoms with Crippen molar-refractivity contribution in [3.63, 3.8) is 0 Å². The highest BCUT2D eigenvalue weighted by molar-refractivity contribution is 4.46. The molecule has 0 aliphatic heterocycles. The summed E-state index contributed by atoms with van der Waals surface area (Å²) in [7, 11) is 0. The van der Waals surface area contributed by atoms with E-state index in [2.05, 4.69) is 10.7 Å². The molecule has 0 aliphatic carbocycles. The molecule has 3 heteroatoms. The molecule has 0 aromatic carbocycles. The normalized spacial score (nSPS) is 14.1. The minimum atomic E-state index is -0.898. The Hall–Kier alpha value is -0.150. The lowest BCUT2D eigenvalue weighted by atomic mass is 10.3. The molecule has 0 aliphatic rings. The van der Waals surface area contributed by atoms with E-state index in [9.17, 15) is 4.39 Å². The Labute approximate surface area is 42.4 Å². The zero-order chi connectivity index (χ0) is 5.70. The molecule has 0 rings (SSSR count). The quantitative estimate of drug-likeness (QED) is 0.537. The average Bonchev–Trinajstić information content (AvgIpc) is 1.68. The predicted molar refractivity (Wildman–Crippen MR) is 25.3 cm³/mol. The van der Waals surface area contributed by atoms with Gasteiger partial charge in [0.25, 0.3) is 0 Å². The van der Waals surface area contributed by atoms with Crippen LogP contribution in [0.5, 0.6) is 0 Å². The van der Waals surface area contributed by atoms with Gasteiger partial charge in [-0.2, -0.15) is 0 Å². The van der Waals surface area contributed by atoms with Crippen LogP contribution in [0.2, 0.25) is 0 Å². The fraction of sp³-hybridized carbons (Fsp3) is 1.00. The summed E-state index contributed by atoms with van der Waals surface area (Å²) in [6, 6.07) is 0. The van der Waals surface area contributed by atoms with E-state index in [1.54, 1.807) is 6.92 Å². The van der Waals surface area contributed by atoms with Crippen molar-refractivity contribution >= 4 is 0 Å². The summed E-state index contributed by atoms with van der Waals surface area (Å²) in [6.45, 7) is 1.75. The summed E-state index contributed by atoms with van der Waals surface area (Å²) < 4.78 is 11.9. The van der Waals surface area contributed by atoms with Crippen LogP contribution in [0.1, 0.15) is 13.3 Å². The predicted octanol–water partition coefficient (Wildman–Crippen LogP) is 0.625. The lowest BCUT2D eigenvalue weighted by Crippen LogP contribution is -2.12. The largest absolute Gasteiger partial charge is 0.302 e. The van der Waals surface area contributed by atoms with Crippen molar-refractivity contribution in [3.05, 3.63) is 0 Å². The molecule has 44 valence electrons. The van der Waals surface area contributed by atoms with Gasteiger partial charge in [0.05, 0.1) is 6.61 Å². The molecule has 0 aromatic rings. The Bertz CT molecular complexity index is 42.7. The Balaban J connectivity index is 2.83. The Morgan fingerprint density at radius 3 is 2.57 bits per heavy atom. The monoisotopic (exact) mass is 107 g/mol. The van der Waals surface area contributed by atoms with Crippen molar-refractivity contribution in [1.29, 1.82) is 0 Å². The molecule has 0 spiro atoms. The van der Waals surface area contributed by atoms with Crippen molar-refractivity contribution in [2.45, 2.75) is 19.5 Å². The molecule has 0 bridgehead atoms. The van der Waals surface area contributed by atoms with Crippen LogP contribution in [0.3, 0.4) is 0 Å². The Kier molecular flexibility index (Phi) is 3.93. The zero-order valence-corrected chi connectivity index (χ0v) is 4.36. The minimum Gasteiger partial charge on any atom is -0.302 e. The first kappa shape index (κ1) is 6.85. The van der Waals surface area contributed by atoms with Gasteiger partial charge < -0.3 is 4.84 Å². The molecule has 7 heavy (non-hydrogen) atoms. The van der Waals surface area contributed by atoms with Gasteiger partial charge in [-0.05, 0) is 6.42 Å². The first-order valence-corrected chi connectivity index (χ1v) is 2.27. The molecule has 0 amide bonds. The van der Waals surface area contributed by atoms with Crippen LogP contribution in [-0.2, 0) is 4.84 Å². The Morgan fingerprint density at radius 2 is 2.43 bits per heavy atom. The highest BCUT2D eigenvalue weighted by Crippen LogP contribution is 1.93. The summed E-state index contributed by atoms with van der Waals surface area (Å²) in [5.74, 6) is 4.57. The second-order valence-electron chi connectivity index (χ2n) is 1.34. The van der Waals surface area contributed by atoms with Crippen molar-refractivity contribution in [2.75, 3.05) is 6.61 Å². The lowest BCUT2D eigenvalue weighted by Gasteiger charge is -1.98. The van der Waals surface area contributed by atoms with E-state index in [-0.39, 0.29) is 6.61 Å². The van der Waals surface area contributed by atoms with E-state index in [4.69, 9.17) is 0 Å². The number of halogens is 1. The van der Waals surface area contributed by atoms with Crippen LogP contribution in [0.25, 0.3) is 0 Å². The molecule has 0 fully saturated rings. The van der Waals surface area contributed by atoms with E-state index in [0.717, 1.165) is 0 Å². The summed E-state index contributed by atoms with van der Waals surface area (Å²) in [6.07, 6.45) is -0.429. The van der Waals surface area contributed by atoms with Crippen LogP contribution in [-0.4, -0.2) is 12.8 Å². The maximum Gasteiger partial charge on any atom is 0.125 e. The number of rotatable bonds is 3. The van der Waals surface area contributed by atoms with Gasteiger partial charge in [0.15, 0.2) is 0 Å². The van der Waals surface area contributed by atoms with Crippen molar-refractivity contribution < 1.29 is 9.23 Å². The van der Waals surface area contributed by atoms with Gasteiger partial charge in [0, 0.05) is 0 Å². The highest BCUT2D eigenvalue weighted by atomic mass is 19.1. The fourth-order valence-corrected chi connectivity index (χ4v) is 0.222. The molecule has 1 unspecified atom stereocenters. The van der Waals surface area contributed by atoms with Crippen LogP contribution >= 0.6 is 0 Å². The topological polar surface area (TPSA) is 35.2 Å². The van der Waals surface area contributed by atoms with Gasteiger partial charge in [0.2, 0.25) is 0 Å². The first-order valence-electron chi connectivity index (χ1n) is 2.27. The van der Waals surface area contributed by atoms with E-state index in [1.165, 1.54) is 0 Å². The molecule has 0 aromatic heterocycles. The van der Waals surface area contributed by atoms with Crippen LogP contribution < -0.4 is 5.90 Å². The van der Waals surface area contributed by atoms with Crippen LogP contribution in [0.4, 0.5) is 4.39 Å². The third-order valence-corrected chi connectivity index (χ3v) is 0.720. The zero-order valence-electron chi connectivity index (χ0n) is 4.36. The van der Waals surface area contributed by atoms with Crippen LogP contribution in [0.15, 0.2) is 0 Å². The van der Waals surface area contributed by atoms with Crippen molar-refractivity contribution in [1.82, 2.24) is 0 Å². The third kappa shape index (κ3) is 3.69. The van der Waals surface area contributed by atoms with Gasteiger partial charge in [-0.15, -0.1) is 0 Å². The number of hydrogen-bond acceptors (Lipinski definition) is 2. The maximum absolute atomic E-state index is 11.9. The van der Waals surface area contributed by atoms with Gasteiger partial charge in [-0.25, -0.2) is 10.3 Å². The molecular weight excluding hydrogens is 97.0 g/mol. The van der Waals surface area contributed by atoms with E-state index < -0.39 is 6.17 Å². The SMILES string of the molecule is CCC(F)CON. The summed E-state index contributed by atoms with van der Waals surface area (Å²) in [5, 5.41) is 0. The van der Waals surface area contributed by atoms with Gasteiger partial charge >= 0.3 is 0 Å². The van der Waals surface area contributed by atoms with Crippen molar-refractivity contribution in [2.24, 2.45) is 5.90 Å². The fourth-order valence-electron chi connectivity index (χ4n) is 0.222. The van der Waals surface area contributed by atoms with Crippen molar-refractivity contribution in [3.8, 4) is 0 Å². The third-order valence-electron chi connectivity index (χ3n) is 0.720. The standard InChI is InChI=1S/C4H10FNO/c1-2-4(5)3-7-6/h4H,2-3,6H2,1H3. The Morgan fingerprint density at radius 1 is 1.86 bits per heavy atom. The lowest BCUT2D eigenvalue weighted by molar-refractivity contribution is 0.0802. The molecule has 0 saturated carbocycles. The van der Waals surface area contributed by atoms with E-state index in [1.807, 2.05) is 0 Å². The van der Waals surface area contributed by atoms with E-state index in [0.29, 0.717) is 6.42 Å². The second-order valence-corrected chi connectivity index (χ2v) is 1.34. The smallest absolute Gasteiger partial charge is 0.125 e. The molecule has 0 heterocycles. The molecule has 2 nitrogen and oxygen atoms in total. The number of alkyl halides is 1. The number of nitrogens with two attached hydrogens (primary N) is 1. The van der Waals surface area contributed by atoms with Gasteiger partial charge in [-0.3, -0.25) is 0 Å². The molecule has 2 N–H and O–H groups in total. The number of hydrogen-bond donors (Lipinski definition) is 1. The van der Waals surface area contributed by atoms with Crippen LogP contribution in [0, 0.1) is 0 Å². The summed E-state index contributed by atoms with van der Waals surface area (Å²) in [5.41, 5.74) is 0. The van der Waals surface area contributed by atoms with Gasteiger partial charge in [-0.1, -0.05) is 6.92 Å². The molecule has 0 saturated heterocycles. The molecule has 1 atom stereocenters. The second kappa shape index (κ2) is 4.02. The average molecular weight is 107 g/mol.